The van der Waals surface area contributed by atoms with Crippen LogP contribution < -0.4 is 5.32 Å². The van der Waals surface area contributed by atoms with Gasteiger partial charge in [-0.05, 0) is 30.9 Å². The summed E-state index contributed by atoms with van der Waals surface area (Å²) < 4.78 is 39.4. The fourth-order valence-electron chi connectivity index (χ4n) is 2.66. The second-order valence-electron chi connectivity index (χ2n) is 5.27. The summed E-state index contributed by atoms with van der Waals surface area (Å²) in [6, 6.07) is 0.189. The third-order valence-electron chi connectivity index (χ3n) is 3.75. The van der Waals surface area contributed by atoms with Crippen LogP contribution >= 0.6 is 0 Å². The summed E-state index contributed by atoms with van der Waals surface area (Å²) in [5, 5.41) is 10.8. The number of aromatic carboxylic acids is 1. The third kappa shape index (κ3) is 3.75. The Balaban J connectivity index is 2.17. The summed E-state index contributed by atoms with van der Waals surface area (Å²) in [6.45, 7) is 0. The monoisotopic (exact) mass is 316 g/mol. The Morgan fingerprint density at radius 3 is 2.50 bits per heavy atom. The van der Waals surface area contributed by atoms with Crippen LogP contribution in [-0.4, -0.2) is 34.2 Å². The van der Waals surface area contributed by atoms with E-state index in [2.05, 4.69) is 4.98 Å². The van der Waals surface area contributed by atoms with E-state index in [1.165, 1.54) is 0 Å². The molecule has 0 bridgehead atoms. The molecule has 1 aliphatic carbocycles. The second-order valence-corrected chi connectivity index (χ2v) is 5.27. The molecule has 120 valence electrons. The number of carboxylic acid groups (broad SMARTS) is 1. The molecular formula is C14H15F3N2O3. The molecule has 1 unspecified atom stereocenters. The number of amides is 1. The second kappa shape index (κ2) is 6.33. The van der Waals surface area contributed by atoms with E-state index >= 15 is 0 Å². The molecular weight excluding hydrogens is 301 g/mol. The van der Waals surface area contributed by atoms with E-state index in [-0.39, 0.29) is 11.3 Å². The highest BCUT2D eigenvalue weighted by Gasteiger charge is 2.46. The lowest BCUT2D eigenvalue weighted by Gasteiger charge is -2.26. The first kappa shape index (κ1) is 16.3. The minimum Gasteiger partial charge on any atom is -0.478 e. The number of carbonyl (C=O) groups is 2. The normalized spacial score (nSPS) is 17.2. The van der Waals surface area contributed by atoms with E-state index < -0.39 is 30.0 Å². The van der Waals surface area contributed by atoms with Gasteiger partial charge in [-0.15, -0.1) is 0 Å². The van der Waals surface area contributed by atoms with E-state index in [9.17, 15) is 22.8 Å². The van der Waals surface area contributed by atoms with Crippen molar-refractivity contribution in [3.63, 3.8) is 0 Å². The molecule has 0 aliphatic heterocycles. The number of aromatic nitrogens is 1. The molecule has 0 spiro atoms. The first-order chi connectivity index (χ1) is 10.3. The molecule has 1 aromatic heterocycles. The standard InChI is InChI=1S/C14H15F3N2O3/c15-14(16,17)11(8-3-1-2-4-8)19-12(20)10-7-9(13(21)22)5-6-18-10/h5-8,11H,1-4H2,(H,19,20)(H,21,22). The number of pyridine rings is 1. The van der Waals surface area contributed by atoms with Crippen LogP contribution in [0.4, 0.5) is 13.2 Å². The van der Waals surface area contributed by atoms with Gasteiger partial charge >= 0.3 is 12.1 Å². The summed E-state index contributed by atoms with van der Waals surface area (Å²) in [5.74, 6) is -2.94. The zero-order chi connectivity index (χ0) is 16.3. The van der Waals surface area contributed by atoms with Crippen LogP contribution in [-0.2, 0) is 0 Å². The minimum absolute atomic E-state index is 0.204. The van der Waals surface area contributed by atoms with Gasteiger partial charge in [0, 0.05) is 6.20 Å². The lowest BCUT2D eigenvalue weighted by Crippen LogP contribution is -2.49. The van der Waals surface area contributed by atoms with Gasteiger partial charge in [-0.25, -0.2) is 4.79 Å². The van der Waals surface area contributed by atoms with Crippen molar-refractivity contribution >= 4 is 11.9 Å². The molecule has 8 heteroatoms. The molecule has 1 amide bonds. The number of carboxylic acids is 1. The van der Waals surface area contributed by atoms with Gasteiger partial charge in [0.2, 0.25) is 0 Å². The number of halogens is 3. The Labute approximate surface area is 124 Å². The SMILES string of the molecule is O=C(O)c1ccnc(C(=O)NC(C2CCCC2)C(F)(F)F)c1. The highest BCUT2D eigenvalue weighted by Crippen LogP contribution is 2.35. The number of rotatable bonds is 4. The summed E-state index contributed by atoms with van der Waals surface area (Å²) in [5.41, 5.74) is -0.545. The van der Waals surface area contributed by atoms with Gasteiger partial charge in [-0.3, -0.25) is 9.78 Å². The molecule has 2 N–H and O–H groups in total. The molecule has 1 atom stereocenters. The predicted molar refractivity (Wildman–Crippen MR) is 70.5 cm³/mol. The smallest absolute Gasteiger partial charge is 0.408 e. The van der Waals surface area contributed by atoms with Gasteiger partial charge in [0.15, 0.2) is 0 Å². The Kier molecular flexibility index (Phi) is 4.68. The van der Waals surface area contributed by atoms with E-state index in [1.807, 2.05) is 5.32 Å². The van der Waals surface area contributed by atoms with Crippen LogP contribution in [0.2, 0.25) is 0 Å². The molecule has 1 aliphatic rings. The van der Waals surface area contributed by atoms with Crippen LogP contribution in [0.1, 0.15) is 46.5 Å². The first-order valence-corrected chi connectivity index (χ1v) is 6.86. The molecule has 5 nitrogen and oxygen atoms in total. The maximum absolute atomic E-state index is 13.1. The van der Waals surface area contributed by atoms with E-state index in [4.69, 9.17) is 5.11 Å². The Morgan fingerprint density at radius 1 is 1.32 bits per heavy atom. The Bertz CT molecular complexity index is 569. The quantitative estimate of drug-likeness (QED) is 0.895. The first-order valence-electron chi connectivity index (χ1n) is 6.86. The van der Waals surface area contributed by atoms with E-state index in [0.29, 0.717) is 25.7 Å². The Morgan fingerprint density at radius 2 is 1.95 bits per heavy atom. The zero-order valence-electron chi connectivity index (χ0n) is 11.6. The van der Waals surface area contributed by atoms with Crippen molar-refractivity contribution in [3.8, 4) is 0 Å². The molecule has 2 rings (SSSR count). The van der Waals surface area contributed by atoms with Crippen LogP contribution in [0.3, 0.4) is 0 Å². The molecule has 1 saturated carbocycles. The van der Waals surface area contributed by atoms with E-state index in [0.717, 1.165) is 18.3 Å². The summed E-state index contributed by atoms with van der Waals surface area (Å²) >= 11 is 0. The molecule has 0 saturated heterocycles. The molecule has 0 aromatic carbocycles. The predicted octanol–water partition coefficient (Wildman–Crippen LogP) is 2.63. The van der Waals surface area contributed by atoms with Crippen LogP contribution in [0.5, 0.6) is 0 Å². The van der Waals surface area contributed by atoms with Crippen LogP contribution in [0.15, 0.2) is 18.3 Å². The molecule has 1 heterocycles. The van der Waals surface area contributed by atoms with Crippen molar-refractivity contribution in [1.29, 1.82) is 0 Å². The van der Waals surface area contributed by atoms with Crippen molar-refractivity contribution in [1.82, 2.24) is 10.3 Å². The fraction of sp³-hybridized carbons (Fsp3) is 0.500. The molecule has 1 fully saturated rings. The highest BCUT2D eigenvalue weighted by atomic mass is 19.4. The average Bonchev–Trinajstić information content (AvgIpc) is 2.97. The largest absolute Gasteiger partial charge is 0.478 e. The molecule has 0 radical (unpaired) electrons. The number of nitrogens with one attached hydrogen (secondary N) is 1. The summed E-state index contributed by atoms with van der Waals surface area (Å²) in [7, 11) is 0. The fourth-order valence-corrected chi connectivity index (χ4v) is 2.66. The van der Waals surface area contributed by atoms with Crippen molar-refractivity contribution < 1.29 is 27.9 Å². The van der Waals surface area contributed by atoms with E-state index in [1.54, 1.807) is 0 Å². The lowest BCUT2D eigenvalue weighted by molar-refractivity contribution is -0.164. The number of carbonyl (C=O) groups excluding carboxylic acids is 1. The average molecular weight is 316 g/mol. The van der Waals surface area contributed by atoms with Gasteiger partial charge in [-0.1, -0.05) is 12.8 Å². The minimum atomic E-state index is -4.55. The molecule has 22 heavy (non-hydrogen) atoms. The highest BCUT2D eigenvalue weighted by molar-refractivity contribution is 5.95. The van der Waals surface area contributed by atoms with Crippen LogP contribution in [0.25, 0.3) is 0 Å². The van der Waals surface area contributed by atoms with Crippen molar-refractivity contribution in [2.75, 3.05) is 0 Å². The number of hydrogen-bond acceptors (Lipinski definition) is 3. The van der Waals surface area contributed by atoms with Crippen molar-refractivity contribution in [2.24, 2.45) is 5.92 Å². The topological polar surface area (TPSA) is 79.3 Å². The summed E-state index contributed by atoms with van der Waals surface area (Å²) in [6.07, 6.45) is -1.23. The van der Waals surface area contributed by atoms with Crippen molar-refractivity contribution in [2.45, 2.75) is 37.9 Å². The number of alkyl halides is 3. The maximum Gasteiger partial charge on any atom is 0.408 e. The van der Waals surface area contributed by atoms with Crippen LogP contribution in [0, 0.1) is 5.92 Å². The lowest BCUT2D eigenvalue weighted by atomic mass is 9.97. The number of hydrogen-bond donors (Lipinski definition) is 2. The summed E-state index contributed by atoms with van der Waals surface area (Å²) in [4.78, 5) is 26.4. The van der Waals surface area contributed by atoms with Gasteiger partial charge in [0.1, 0.15) is 11.7 Å². The van der Waals surface area contributed by atoms with Crippen molar-refractivity contribution in [3.05, 3.63) is 29.6 Å². The van der Waals surface area contributed by atoms with Gasteiger partial charge < -0.3 is 10.4 Å². The van der Waals surface area contributed by atoms with Gasteiger partial charge in [0.25, 0.3) is 5.91 Å². The van der Waals surface area contributed by atoms with Gasteiger partial charge in [0.05, 0.1) is 5.56 Å². The number of nitrogens with zero attached hydrogens (tertiary/aromatic N) is 1. The zero-order valence-corrected chi connectivity index (χ0v) is 11.6. The Hall–Kier alpha value is -2.12. The van der Waals surface area contributed by atoms with Gasteiger partial charge in [-0.2, -0.15) is 13.2 Å². The maximum atomic E-state index is 13.1. The molecule has 1 aromatic rings. The third-order valence-corrected chi connectivity index (χ3v) is 3.75.